The lowest BCUT2D eigenvalue weighted by molar-refractivity contribution is -0.128. The highest BCUT2D eigenvalue weighted by Crippen LogP contribution is 2.22. The number of nitrogens with one attached hydrogen (secondary N) is 2. The Balaban J connectivity index is 1.57. The van der Waals surface area contributed by atoms with Crippen LogP contribution in [0.2, 0.25) is 0 Å². The number of benzene rings is 2. The third-order valence-corrected chi connectivity index (χ3v) is 5.71. The average molecular weight is 472 g/mol. The summed E-state index contributed by atoms with van der Waals surface area (Å²) in [6.07, 6.45) is 2.22. The van der Waals surface area contributed by atoms with Crippen LogP contribution in [0.1, 0.15) is 42.1 Å². The number of amides is 3. The summed E-state index contributed by atoms with van der Waals surface area (Å²) in [6.45, 7) is 5.18. The van der Waals surface area contributed by atoms with Gasteiger partial charge in [-0.2, -0.15) is 0 Å². The summed E-state index contributed by atoms with van der Waals surface area (Å²) >= 11 is 3.41. The predicted molar refractivity (Wildman–Crippen MR) is 121 cm³/mol. The number of likely N-dealkylation sites (tertiary alicyclic amines) is 1. The molecule has 1 unspecified atom stereocenters. The van der Waals surface area contributed by atoms with Crippen molar-refractivity contribution in [3.8, 4) is 0 Å². The smallest absolute Gasteiger partial charge is 0.255 e. The lowest BCUT2D eigenvalue weighted by atomic mass is 10.1. The summed E-state index contributed by atoms with van der Waals surface area (Å²) < 4.78 is 0.954. The van der Waals surface area contributed by atoms with E-state index < -0.39 is 0 Å². The first-order valence-electron chi connectivity index (χ1n) is 10.1. The molecule has 0 aliphatic carbocycles. The van der Waals surface area contributed by atoms with Gasteiger partial charge in [0.05, 0.1) is 5.92 Å². The number of rotatable bonds is 7. The standard InChI is InChI=1S/C23H26BrN3O3/c1-3-4-11-27-14-17(13-21(27)28)23(30)25-19-8-5-16(6-9-19)22(29)26-20-10-7-18(24)12-15(20)2/h5-10,12,17H,3-4,11,13-14H2,1-2H3,(H,25,30)(H,26,29). The summed E-state index contributed by atoms with van der Waals surface area (Å²) in [5.41, 5.74) is 2.81. The molecule has 0 aromatic heterocycles. The monoisotopic (exact) mass is 471 g/mol. The van der Waals surface area contributed by atoms with Crippen molar-refractivity contribution in [2.45, 2.75) is 33.1 Å². The van der Waals surface area contributed by atoms with Gasteiger partial charge in [0.1, 0.15) is 0 Å². The number of hydrogen-bond acceptors (Lipinski definition) is 3. The molecule has 1 saturated heterocycles. The first kappa shape index (κ1) is 22.0. The highest BCUT2D eigenvalue weighted by Gasteiger charge is 2.33. The maximum absolute atomic E-state index is 12.5. The second-order valence-electron chi connectivity index (χ2n) is 7.57. The fraction of sp³-hybridized carbons (Fsp3) is 0.348. The first-order chi connectivity index (χ1) is 14.4. The van der Waals surface area contributed by atoms with Gasteiger partial charge >= 0.3 is 0 Å². The number of carbonyl (C=O) groups excluding carboxylic acids is 3. The van der Waals surface area contributed by atoms with Gasteiger partial charge in [0.2, 0.25) is 11.8 Å². The van der Waals surface area contributed by atoms with Crippen molar-refractivity contribution in [1.29, 1.82) is 0 Å². The molecule has 1 fully saturated rings. The molecule has 1 aliphatic heterocycles. The van der Waals surface area contributed by atoms with Crippen LogP contribution in [0.4, 0.5) is 11.4 Å². The Hall–Kier alpha value is -2.67. The zero-order chi connectivity index (χ0) is 21.7. The van der Waals surface area contributed by atoms with Gasteiger partial charge in [-0.1, -0.05) is 29.3 Å². The normalized spacial score (nSPS) is 15.9. The molecule has 2 aromatic rings. The lowest BCUT2D eigenvalue weighted by Gasteiger charge is -2.16. The predicted octanol–water partition coefficient (Wildman–Crippen LogP) is 4.60. The third-order valence-electron chi connectivity index (χ3n) is 5.22. The van der Waals surface area contributed by atoms with Crippen LogP contribution in [0.25, 0.3) is 0 Å². The summed E-state index contributed by atoms with van der Waals surface area (Å²) in [7, 11) is 0. The molecule has 3 amide bonds. The molecule has 0 bridgehead atoms. The molecular weight excluding hydrogens is 446 g/mol. The van der Waals surface area contributed by atoms with Crippen molar-refractivity contribution in [2.75, 3.05) is 23.7 Å². The molecule has 1 aliphatic rings. The van der Waals surface area contributed by atoms with Crippen molar-refractivity contribution in [2.24, 2.45) is 5.92 Å². The van der Waals surface area contributed by atoms with E-state index in [1.807, 2.05) is 25.1 Å². The van der Waals surface area contributed by atoms with Crippen molar-refractivity contribution >= 4 is 45.0 Å². The molecule has 2 aromatic carbocycles. The molecule has 0 saturated carbocycles. The van der Waals surface area contributed by atoms with E-state index in [1.54, 1.807) is 29.2 Å². The van der Waals surface area contributed by atoms with Crippen LogP contribution in [-0.4, -0.2) is 35.7 Å². The fourth-order valence-electron chi connectivity index (χ4n) is 3.42. The van der Waals surface area contributed by atoms with Crippen LogP contribution in [-0.2, 0) is 9.59 Å². The van der Waals surface area contributed by atoms with E-state index in [1.165, 1.54) is 0 Å². The molecule has 158 valence electrons. The van der Waals surface area contributed by atoms with Gasteiger partial charge < -0.3 is 15.5 Å². The third kappa shape index (κ3) is 5.48. The highest BCUT2D eigenvalue weighted by molar-refractivity contribution is 9.10. The van der Waals surface area contributed by atoms with E-state index in [0.29, 0.717) is 24.3 Å². The summed E-state index contributed by atoms with van der Waals surface area (Å²) in [5.74, 6) is -0.673. The number of hydrogen-bond donors (Lipinski definition) is 2. The highest BCUT2D eigenvalue weighted by atomic mass is 79.9. The molecular formula is C23H26BrN3O3. The summed E-state index contributed by atoms with van der Waals surface area (Å²) in [6, 6.07) is 12.4. The van der Waals surface area contributed by atoms with Crippen molar-refractivity contribution in [1.82, 2.24) is 4.90 Å². The molecule has 1 atom stereocenters. The minimum atomic E-state index is -0.335. The van der Waals surface area contributed by atoms with E-state index in [2.05, 4.69) is 33.5 Å². The number of unbranched alkanes of at least 4 members (excludes halogenated alkanes) is 1. The van der Waals surface area contributed by atoms with Crippen LogP contribution in [0.15, 0.2) is 46.9 Å². The van der Waals surface area contributed by atoms with Crippen LogP contribution in [0, 0.1) is 12.8 Å². The van der Waals surface area contributed by atoms with Gasteiger partial charge in [-0.25, -0.2) is 0 Å². The zero-order valence-electron chi connectivity index (χ0n) is 17.2. The van der Waals surface area contributed by atoms with Crippen molar-refractivity contribution in [3.05, 3.63) is 58.1 Å². The van der Waals surface area contributed by atoms with Gasteiger partial charge in [-0.05, 0) is 61.4 Å². The van der Waals surface area contributed by atoms with E-state index in [0.717, 1.165) is 28.6 Å². The molecule has 1 heterocycles. The molecule has 7 heteroatoms. The maximum atomic E-state index is 12.5. The molecule has 0 spiro atoms. The second kappa shape index (κ2) is 9.89. The van der Waals surface area contributed by atoms with Crippen molar-refractivity contribution < 1.29 is 14.4 Å². The van der Waals surface area contributed by atoms with Crippen LogP contribution < -0.4 is 10.6 Å². The minimum Gasteiger partial charge on any atom is -0.342 e. The Morgan fingerprint density at radius 1 is 1.13 bits per heavy atom. The van der Waals surface area contributed by atoms with Gasteiger partial charge in [-0.15, -0.1) is 0 Å². The fourth-order valence-corrected chi connectivity index (χ4v) is 3.90. The number of aryl methyl sites for hydroxylation is 1. The molecule has 0 radical (unpaired) electrons. The number of carbonyl (C=O) groups is 3. The zero-order valence-corrected chi connectivity index (χ0v) is 18.8. The van der Waals surface area contributed by atoms with Crippen LogP contribution in [0.5, 0.6) is 0 Å². The number of nitrogens with zero attached hydrogens (tertiary/aromatic N) is 1. The lowest BCUT2D eigenvalue weighted by Crippen LogP contribution is -2.29. The maximum Gasteiger partial charge on any atom is 0.255 e. The Morgan fingerprint density at radius 3 is 2.53 bits per heavy atom. The topological polar surface area (TPSA) is 78.5 Å². The van der Waals surface area contributed by atoms with E-state index in [4.69, 9.17) is 0 Å². The van der Waals surface area contributed by atoms with Crippen molar-refractivity contribution in [3.63, 3.8) is 0 Å². The molecule has 30 heavy (non-hydrogen) atoms. The molecule has 6 nitrogen and oxygen atoms in total. The van der Waals surface area contributed by atoms with E-state index in [9.17, 15) is 14.4 Å². The van der Waals surface area contributed by atoms with E-state index in [-0.39, 0.29) is 30.1 Å². The second-order valence-corrected chi connectivity index (χ2v) is 8.49. The van der Waals surface area contributed by atoms with Crippen LogP contribution >= 0.6 is 15.9 Å². The largest absolute Gasteiger partial charge is 0.342 e. The molecule has 3 rings (SSSR count). The minimum absolute atomic E-state index is 0.0406. The van der Waals surface area contributed by atoms with Crippen LogP contribution in [0.3, 0.4) is 0 Å². The van der Waals surface area contributed by atoms with E-state index >= 15 is 0 Å². The summed E-state index contributed by atoms with van der Waals surface area (Å²) in [4.78, 5) is 38.9. The Bertz CT molecular complexity index is 943. The Labute approximate surface area is 185 Å². The summed E-state index contributed by atoms with van der Waals surface area (Å²) in [5, 5.41) is 5.75. The average Bonchev–Trinajstić information content (AvgIpc) is 3.09. The van der Waals surface area contributed by atoms with Gasteiger partial charge in [-0.3, -0.25) is 14.4 Å². The Kier molecular flexibility index (Phi) is 7.26. The van der Waals surface area contributed by atoms with Gasteiger partial charge in [0.25, 0.3) is 5.91 Å². The SMILES string of the molecule is CCCCN1CC(C(=O)Nc2ccc(C(=O)Nc3ccc(Br)cc3C)cc2)CC1=O. The van der Waals surface area contributed by atoms with Gasteiger partial charge in [0.15, 0.2) is 0 Å². The molecule has 2 N–H and O–H groups in total. The van der Waals surface area contributed by atoms with Gasteiger partial charge in [0, 0.05) is 40.9 Å². The Morgan fingerprint density at radius 2 is 1.87 bits per heavy atom. The first-order valence-corrected chi connectivity index (χ1v) is 10.9. The quantitative estimate of drug-likeness (QED) is 0.619. The number of anilines is 2. The number of halogens is 1.